The predicted molar refractivity (Wildman–Crippen MR) is 53.2 cm³/mol. The Kier molecular flexibility index (Phi) is 6.28. The third-order valence-electron chi connectivity index (χ3n) is 1.59. The molecule has 0 aliphatic carbocycles. The molecule has 15 heavy (non-hydrogen) atoms. The second-order valence-electron chi connectivity index (χ2n) is 3.14. The monoisotopic (exact) mass is 216 g/mol. The quantitative estimate of drug-likeness (QED) is 0.343. The van der Waals surface area contributed by atoms with E-state index < -0.39 is 24.0 Å². The number of rotatable bonds is 6. The maximum atomic E-state index is 11.1. The predicted octanol–water partition coefficient (Wildman–Crippen LogP) is -1.20. The van der Waals surface area contributed by atoms with Gasteiger partial charge < -0.3 is 15.0 Å². The molecule has 0 heterocycles. The standard InChI is InChI=1S/C9H16N2O4/c1-11(2)9(14)7(12)6-8(13)10-4-5-15-3/h4-6H2,1-3H3,(H,10,13). The molecule has 0 radical (unpaired) electrons. The second kappa shape index (κ2) is 6.94. The van der Waals surface area contributed by atoms with Crippen molar-refractivity contribution in [2.45, 2.75) is 6.42 Å². The average Bonchev–Trinajstić information content (AvgIpc) is 2.16. The summed E-state index contributed by atoms with van der Waals surface area (Å²) in [5, 5.41) is 2.45. The summed E-state index contributed by atoms with van der Waals surface area (Å²) in [6.07, 6.45) is -0.416. The van der Waals surface area contributed by atoms with Gasteiger partial charge in [-0.1, -0.05) is 0 Å². The number of ether oxygens (including phenoxy) is 1. The third kappa shape index (κ3) is 5.79. The van der Waals surface area contributed by atoms with Crippen molar-refractivity contribution in [3.05, 3.63) is 0 Å². The Morgan fingerprint density at radius 2 is 1.87 bits per heavy atom. The minimum Gasteiger partial charge on any atom is -0.383 e. The van der Waals surface area contributed by atoms with Gasteiger partial charge in [-0.05, 0) is 0 Å². The third-order valence-corrected chi connectivity index (χ3v) is 1.59. The van der Waals surface area contributed by atoms with Crippen molar-refractivity contribution in [1.82, 2.24) is 10.2 Å². The van der Waals surface area contributed by atoms with Gasteiger partial charge in [-0.15, -0.1) is 0 Å². The molecule has 0 aromatic heterocycles. The first kappa shape index (κ1) is 13.6. The van der Waals surface area contributed by atoms with Crippen LogP contribution in [0.4, 0.5) is 0 Å². The highest BCUT2D eigenvalue weighted by Crippen LogP contribution is 1.88. The first-order chi connectivity index (χ1) is 6.99. The summed E-state index contributed by atoms with van der Waals surface area (Å²) >= 11 is 0. The number of ketones is 1. The van der Waals surface area contributed by atoms with Gasteiger partial charge >= 0.3 is 0 Å². The lowest BCUT2D eigenvalue weighted by atomic mass is 10.2. The first-order valence-corrected chi connectivity index (χ1v) is 4.49. The molecule has 0 aliphatic heterocycles. The number of carbonyl (C=O) groups is 3. The molecule has 0 bridgehead atoms. The fourth-order valence-electron chi connectivity index (χ4n) is 0.826. The molecule has 0 saturated carbocycles. The van der Waals surface area contributed by atoms with Crippen LogP contribution in [0.25, 0.3) is 0 Å². The normalized spacial score (nSPS) is 9.53. The number of amides is 2. The van der Waals surface area contributed by atoms with Gasteiger partial charge in [-0.2, -0.15) is 0 Å². The molecule has 6 nitrogen and oxygen atoms in total. The Morgan fingerprint density at radius 1 is 1.27 bits per heavy atom. The molecule has 0 fully saturated rings. The number of hydrogen-bond acceptors (Lipinski definition) is 4. The molecule has 0 aliphatic rings. The summed E-state index contributed by atoms with van der Waals surface area (Å²) in [6.45, 7) is 0.709. The van der Waals surface area contributed by atoms with Crippen molar-refractivity contribution in [2.75, 3.05) is 34.4 Å². The zero-order chi connectivity index (χ0) is 11.8. The average molecular weight is 216 g/mol. The number of nitrogens with one attached hydrogen (secondary N) is 1. The molecule has 86 valence electrons. The molecular weight excluding hydrogens is 200 g/mol. The summed E-state index contributed by atoms with van der Waals surface area (Å²) in [7, 11) is 4.43. The Bertz CT molecular complexity index is 250. The molecule has 0 rings (SSSR count). The highest BCUT2D eigenvalue weighted by Gasteiger charge is 2.18. The van der Waals surface area contributed by atoms with E-state index >= 15 is 0 Å². The van der Waals surface area contributed by atoms with E-state index in [2.05, 4.69) is 5.32 Å². The van der Waals surface area contributed by atoms with E-state index in [0.29, 0.717) is 13.2 Å². The Hall–Kier alpha value is -1.43. The molecule has 0 aromatic rings. The van der Waals surface area contributed by atoms with Crippen molar-refractivity contribution >= 4 is 17.6 Å². The fraction of sp³-hybridized carbons (Fsp3) is 0.667. The van der Waals surface area contributed by atoms with Crippen LogP contribution in [0, 0.1) is 0 Å². The van der Waals surface area contributed by atoms with Crippen LogP contribution in [0.5, 0.6) is 0 Å². The Morgan fingerprint density at radius 3 is 2.33 bits per heavy atom. The van der Waals surface area contributed by atoms with Crippen LogP contribution >= 0.6 is 0 Å². The van der Waals surface area contributed by atoms with Gasteiger partial charge in [-0.25, -0.2) is 0 Å². The Balaban J connectivity index is 3.86. The lowest BCUT2D eigenvalue weighted by Crippen LogP contribution is -2.35. The van der Waals surface area contributed by atoms with Crippen molar-refractivity contribution in [1.29, 1.82) is 0 Å². The van der Waals surface area contributed by atoms with E-state index in [4.69, 9.17) is 4.74 Å². The van der Waals surface area contributed by atoms with Crippen LogP contribution in [0.3, 0.4) is 0 Å². The lowest BCUT2D eigenvalue weighted by Gasteiger charge is -2.08. The fourth-order valence-corrected chi connectivity index (χ4v) is 0.826. The van der Waals surface area contributed by atoms with Crippen LogP contribution < -0.4 is 5.32 Å². The smallest absolute Gasteiger partial charge is 0.289 e. The number of likely N-dealkylation sites (N-methyl/N-ethyl adjacent to an activating group) is 1. The first-order valence-electron chi connectivity index (χ1n) is 4.49. The summed E-state index contributed by atoms with van der Waals surface area (Å²) < 4.78 is 4.71. The van der Waals surface area contributed by atoms with Gasteiger partial charge in [-0.3, -0.25) is 14.4 Å². The van der Waals surface area contributed by atoms with Gasteiger partial charge in [0.15, 0.2) is 0 Å². The highest BCUT2D eigenvalue weighted by molar-refractivity contribution is 6.39. The molecule has 0 aromatic carbocycles. The van der Waals surface area contributed by atoms with E-state index in [1.165, 1.54) is 21.2 Å². The number of methoxy groups -OCH3 is 1. The summed E-state index contributed by atoms with van der Waals surface area (Å²) in [5.74, 6) is -1.85. The maximum absolute atomic E-state index is 11.1. The van der Waals surface area contributed by atoms with Crippen LogP contribution in [0.15, 0.2) is 0 Å². The van der Waals surface area contributed by atoms with E-state index in [-0.39, 0.29) is 0 Å². The zero-order valence-corrected chi connectivity index (χ0v) is 9.20. The number of carbonyl (C=O) groups excluding carboxylic acids is 3. The molecule has 0 spiro atoms. The number of nitrogens with zero attached hydrogens (tertiary/aromatic N) is 1. The van der Waals surface area contributed by atoms with E-state index in [1.807, 2.05) is 0 Å². The maximum Gasteiger partial charge on any atom is 0.289 e. The molecule has 0 unspecified atom stereocenters. The van der Waals surface area contributed by atoms with Crippen LogP contribution in [-0.2, 0) is 19.1 Å². The van der Waals surface area contributed by atoms with Gasteiger partial charge in [0.2, 0.25) is 11.7 Å². The van der Waals surface area contributed by atoms with Crippen LogP contribution in [-0.4, -0.2) is 56.9 Å². The van der Waals surface area contributed by atoms with E-state index in [0.717, 1.165) is 4.90 Å². The minimum absolute atomic E-state index is 0.332. The topological polar surface area (TPSA) is 75.7 Å². The summed E-state index contributed by atoms with van der Waals surface area (Å²) in [4.78, 5) is 34.5. The molecule has 0 saturated heterocycles. The SMILES string of the molecule is COCCNC(=O)CC(=O)C(=O)N(C)C. The van der Waals surface area contributed by atoms with Crippen molar-refractivity contribution in [2.24, 2.45) is 0 Å². The van der Waals surface area contributed by atoms with Gasteiger partial charge in [0.25, 0.3) is 5.91 Å². The van der Waals surface area contributed by atoms with Crippen molar-refractivity contribution in [3.8, 4) is 0 Å². The minimum atomic E-state index is -0.713. The van der Waals surface area contributed by atoms with Crippen LogP contribution in [0.2, 0.25) is 0 Å². The largest absolute Gasteiger partial charge is 0.383 e. The van der Waals surface area contributed by atoms with E-state index in [1.54, 1.807) is 0 Å². The highest BCUT2D eigenvalue weighted by atomic mass is 16.5. The molecule has 2 amide bonds. The molecule has 1 N–H and O–H groups in total. The van der Waals surface area contributed by atoms with E-state index in [9.17, 15) is 14.4 Å². The van der Waals surface area contributed by atoms with Gasteiger partial charge in [0.05, 0.1) is 13.0 Å². The Labute approximate surface area is 88.6 Å². The number of hydrogen-bond donors (Lipinski definition) is 1. The zero-order valence-electron chi connectivity index (χ0n) is 9.20. The molecular formula is C9H16N2O4. The van der Waals surface area contributed by atoms with Crippen molar-refractivity contribution in [3.63, 3.8) is 0 Å². The van der Waals surface area contributed by atoms with Crippen LogP contribution in [0.1, 0.15) is 6.42 Å². The van der Waals surface area contributed by atoms with Gasteiger partial charge in [0, 0.05) is 27.7 Å². The molecule has 0 atom stereocenters. The molecule has 6 heteroatoms. The van der Waals surface area contributed by atoms with Crippen molar-refractivity contribution < 1.29 is 19.1 Å². The summed E-state index contributed by atoms with van der Waals surface area (Å²) in [6, 6.07) is 0. The lowest BCUT2D eigenvalue weighted by molar-refractivity contribution is -0.144. The second-order valence-corrected chi connectivity index (χ2v) is 3.14. The summed E-state index contributed by atoms with van der Waals surface area (Å²) in [5.41, 5.74) is 0. The van der Waals surface area contributed by atoms with Gasteiger partial charge in [0.1, 0.15) is 0 Å². The number of Topliss-reactive ketones (excluding diaryl/α,β-unsaturated/α-hetero) is 1.